The van der Waals surface area contributed by atoms with Crippen LogP contribution < -0.4 is 4.74 Å². The lowest BCUT2D eigenvalue weighted by Gasteiger charge is -2.17. The van der Waals surface area contributed by atoms with Crippen molar-refractivity contribution >= 4 is 0 Å². The van der Waals surface area contributed by atoms with Crippen LogP contribution in [0.3, 0.4) is 0 Å². The maximum absolute atomic E-state index is 12.4. The van der Waals surface area contributed by atoms with Crippen molar-refractivity contribution in [3.63, 3.8) is 0 Å². The van der Waals surface area contributed by atoms with E-state index in [0.717, 1.165) is 0 Å². The fourth-order valence-corrected chi connectivity index (χ4v) is 2.29. The van der Waals surface area contributed by atoms with Gasteiger partial charge in [0.1, 0.15) is 23.4 Å². The van der Waals surface area contributed by atoms with E-state index in [4.69, 9.17) is 4.42 Å². The van der Waals surface area contributed by atoms with Gasteiger partial charge in [-0.15, -0.1) is 13.2 Å². The highest BCUT2D eigenvalue weighted by Crippen LogP contribution is 2.37. The molecule has 21 heavy (non-hydrogen) atoms. The van der Waals surface area contributed by atoms with Crippen LogP contribution in [0.4, 0.5) is 13.2 Å². The van der Waals surface area contributed by atoms with E-state index in [1.807, 2.05) is 0 Å². The number of aliphatic hydroxyl groups excluding tert-OH is 1. The molecule has 1 unspecified atom stereocenters. The van der Waals surface area contributed by atoms with E-state index in [9.17, 15) is 18.3 Å². The molecule has 0 fully saturated rings. The summed E-state index contributed by atoms with van der Waals surface area (Å²) in [4.78, 5) is 0. The molecule has 0 aliphatic heterocycles. The molecule has 0 bridgehead atoms. The van der Waals surface area contributed by atoms with Crippen molar-refractivity contribution < 1.29 is 27.4 Å². The van der Waals surface area contributed by atoms with E-state index in [-0.39, 0.29) is 5.56 Å². The first-order chi connectivity index (χ1) is 9.70. The van der Waals surface area contributed by atoms with Crippen LogP contribution in [-0.2, 0) is 0 Å². The number of para-hydroxylation sites is 1. The predicted molar refractivity (Wildman–Crippen MR) is 70.1 cm³/mol. The van der Waals surface area contributed by atoms with E-state index in [1.165, 1.54) is 18.2 Å². The Morgan fingerprint density at radius 1 is 1.10 bits per heavy atom. The Morgan fingerprint density at radius 3 is 2.24 bits per heavy atom. The number of ether oxygens (including phenoxy) is 1. The summed E-state index contributed by atoms with van der Waals surface area (Å²) in [6.07, 6.45) is -6.06. The van der Waals surface area contributed by atoms with Crippen LogP contribution in [0, 0.1) is 20.8 Å². The molecule has 0 saturated carbocycles. The molecule has 1 heterocycles. The van der Waals surface area contributed by atoms with Crippen molar-refractivity contribution in [3.8, 4) is 5.75 Å². The van der Waals surface area contributed by atoms with Gasteiger partial charge in [-0.3, -0.25) is 0 Å². The van der Waals surface area contributed by atoms with Gasteiger partial charge in [-0.05, 0) is 32.4 Å². The number of rotatable bonds is 3. The molecule has 114 valence electrons. The van der Waals surface area contributed by atoms with E-state index in [2.05, 4.69) is 4.74 Å². The molecule has 6 heteroatoms. The van der Waals surface area contributed by atoms with Gasteiger partial charge in [-0.25, -0.2) is 0 Å². The third kappa shape index (κ3) is 3.21. The second-order valence-corrected chi connectivity index (χ2v) is 4.74. The molecule has 0 aliphatic rings. The van der Waals surface area contributed by atoms with Crippen molar-refractivity contribution in [1.82, 2.24) is 0 Å². The predicted octanol–water partition coefficient (Wildman–Crippen LogP) is 4.19. The second kappa shape index (κ2) is 5.44. The summed E-state index contributed by atoms with van der Waals surface area (Å²) in [6, 6.07) is 5.52. The number of hydrogen-bond acceptors (Lipinski definition) is 3. The van der Waals surface area contributed by atoms with Gasteiger partial charge >= 0.3 is 6.36 Å². The van der Waals surface area contributed by atoms with Crippen LogP contribution in [0.1, 0.15) is 34.3 Å². The number of furan rings is 1. The van der Waals surface area contributed by atoms with Crippen LogP contribution in [0.5, 0.6) is 5.75 Å². The van der Waals surface area contributed by atoms with Gasteiger partial charge in [0.05, 0.1) is 0 Å². The van der Waals surface area contributed by atoms with Crippen LogP contribution in [0.2, 0.25) is 0 Å². The van der Waals surface area contributed by atoms with Gasteiger partial charge in [-0.2, -0.15) is 0 Å². The summed E-state index contributed by atoms with van der Waals surface area (Å²) in [5.41, 5.74) is 1.22. The Balaban J connectivity index is 2.46. The highest BCUT2D eigenvalue weighted by Gasteiger charge is 2.33. The minimum Gasteiger partial charge on any atom is -0.466 e. The molecule has 1 aromatic heterocycles. The quantitative estimate of drug-likeness (QED) is 0.924. The largest absolute Gasteiger partial charge is 0.573 e. The molecule has 0 aliphatic carbocycles. The average Bonchev–Trinajstić information content (AvgIpc) is 2.61. The minimum absolute atomic E-state index is 0.0434. The number of halogens is 3. The fraction of sp³-hybridized carbons (Fsp3) is 0.333. The van der Waals surface area contributed by atoms with Gasteiger partial charge in [0, 0.05) is 11.1 Å². The van der Waals surface area contributed by atoms with Crippen molar-refractivity contribution in [2.45, 2.75) is 33.2 Å². The van der Waals surface area contributed by atoms with Crippen LogP contribution in [-0.4, -0.2) is 11.5 Å². The summed E-state index contributed by atoms with van der Waals surface area (Å²) in [5.74, 6) is 0.672. The molecule has 3 nitrogen and oxygen atoms in total. The Labute approximate surface area is 120 Å². The standard InChI is InChI=1S/C15H15F3O3/c1-8-9(2)20-10(3)13(8)14(19)11-6-4-5-7-12(11)21-15(16,17)18/h4-7,14,19H,1-3H3. The van der Waals surface area contributed by atoms with Crippen molar-refractivity contribution in [3.05, 3.63) is 52.5 Å². The highest BCUT2D eigenvalue weighted by atomic mass is 19.4. The summed E-state index contributed by atoms with van der Waals surface area (Å²) < 4.78 is 46.7. The third-order valence-electron chi connectivity index (χ3n) is 3.33. The van der Waals surface area contributed by atoms with E-state index < -0.39 is 18.2 Å². The molecule has 1 atom stereocenters. The highest BCUT2D eigenvalue weighted by molar-refractivity contribution is 5.44. The molecule has 0 spiro atoms. The SMILES string of the molecule is Cc1oc(C)c(C(O)c2ccccc2OC(F)(F)F)c1C. The van der Waals surface area contributed by atoms with Crippen LogP contribution in [0.25, 0.3) is 0 Å². The minimum atomic E-state index is -4.81. The zero-order valence-corrected chi connectivity index (χ0v) is 11.8. The Bertz CT molecular complexity index is 644. The number of hydrogen-bond donors (Lipinski definition) is 1. The average molecular weight is 300 g/mol. The molecule has 1 aromatic carbocycles. The Morgan fingerprint density at radius 2 is 1.71 bits per heavy atom. The fourth-order valence-electron chi connectivity index (χ4n) is 2.29. The molecule has 0 amide bonds. The first kappa shape index (κ1) is 15.4. The van der Waals surface area contributed by atoms with Crippen LogP contribution >= 0.6 is 0 Å². The number of aryl methyl sites for hydroxylation is 2. The van der Waals surface area contributed by atoms with Gasteiger partial charge in [0.2, 0.25) is 0 Å². The Kier molecular flexibility index (Phi) is 4.00. The number of aliphatic hydroxyl groups is 1. The smallest absolute Gasteiger partial charge is 0.466 e. The second-order valence-electron chi connectivity index (χ2n) is 4.74. The van der Waals surface area contributed by atoms with E-state index >= 15 is 0 Å². The summed E-state index contributed by atoms with van der Waals surface area (Å²) >= 11 is 0. The van der Waals surface area contributed by atoms with E-state index in [1.54, 1.807) is 26.8 Å². The Hall–Kier alpha value is -1.95. The summed E-state index contributed by atoms with van der Waals surface area (Å²) in [6.45, 7) is 5.14. The van der Waals surface area contributed by atoms with Crippen molar-refractivity contribution in [2.24, 2.45) is 0 Å². The summed E-state index contributed by atoms with van der Waals surface area (Å²) in [7, 11) is 0. The molecule has 0 radical (unpaired) electrons. The lowest BCUT2D eigenvalue weighted by molar-refractivity contribution is -0.275. The van der Waals surface area contributed by atoms with Gasteiger partial charge in [0.25, 0.3) is 0 Å². The van der Waals surface area contributed by atoms with Gasteiger partial charge in [-0.1, -0.05) is 18.2 Å². The van der Waals surface area contributed by atoms with Gasteiger partial charge in [0.15, 0.2) is 0 Å². The monoisotopic (exact) mass is 300 g/mol. The van der Waals surface area contributed by atoms with Crippen molar-refractivity contribution in [2.75, 3.05) is 0 Å². The van der Waals surface area contributed by atoms with E-state index in [0.29, 0.717) is 22.6 Å². The van der Waals surface area contributed by atoms with Crippen molar-refractivity contribution in [1.29, 1.82) is 0 Å². The lowest BCUT2D eigenvalue weighted by Crippen LogP contribution is -2.19. The molecular formula is C15H15F3O3. The third-order valence-corrected chi connectivity index (χ3v) is 3.33. The molecule has 0 saturated heterocycles. The molecular weight excluding hydrogens is 285 g/mol. The molecule has 2 rings (SSSR count). The number of alkyl halides is 3. The molecule has 2 aromatic rings. The first-order valence-corrected chi connectivity index (χ1v) is 6.30. The van der Waals surface area contributed by atoms with Gasteiger partial charge < -0.3 is 14.3 Å². The number of benzene rings is 1. The first-order valence-electron chi connectivity index (χ1n) is 6.30. The maximum Gasteiger partial charge on any atom is 0.573 e. The molecule has 1 N–H and O–H groups in total. The zero-order chi connectivity index (χ0) is 15.8. The van der Waals surface area contributed by atoms with Crippen LogP contribution in [0.15, 0.2) is 28.7 Å². The normalized spacial score (nSPS) is 13.3. The topological polar surface area (TPSA) is 42.6 Å². The lowest BCUT2D eigenvalue weighted by atomic mass is 9.97. The zero-order valence-electron chi connectivity index (χ0n) is 11.8. The summed E-state index contributed by atoms with van der Waals surface area (Å²) in [5, 5.41) is 10.4. The maximum atomic E-state index is 12.4.